The molecule has 292 valence electrons. The van der Waals surface area contributed by atoms with E-state index < -0.39 is 48.5 Å². The summed E-state index contributed by atoms with van der Waals surface area (Å²) in [5, 5.41) is 31.4. The van der Waals surface area contributed by atoms with E-state index in [2.05, 4.69) is 20.1 Å². The first-order valence-corrected chi connectivity index (χ1v) is 20.0. The Morgan fingerprint density at radius 2 is 1.60 bits per heavy atom. The van der Waals surface area contributed by atoms with Gasteiger partial charge in [0.15, 0.2) is 5.79 Å². The van der Waals surface area contributed by atoms with E-state index in [0.717, 1.165) is 62.5 Å². The first kappa shape index (κ1) is 37.6. The number of aliphatic hydroxyl groups excluding tert-OH is 3. The van der Waals surface area contributed by atoms with Crippen LogP contribution in [0.25, 0.3) is 0 Å². The van der Waals surface area contributed by atoms with E-state index in [1.807, 2.05) is 0 Å². The summed E-state index contributed by atoms with van der Waals surface area (Å²) in [6.45, 7) is 10.5. The second kappa shape index (κ2) is 15.3. The molecule has 0 aromatic heterocycles. The third kappa shape index (κ3) is 7.36. The molecule has 9 heterocycles. The lowest BCUT2D eigenvalue weighted by atomic mass is 9.83. The monoisotopic (exact) mass is 732 g/mol. The van der Waals surface area contributed by atoms with Gasteiger partial charge in [0.05, 0.1) is 73.8 Å². The van der Waals surface area contributed by atoms with Gasteiger partial charge in [-0.3, -0.25) is 4.79 Å². The number of methoxy groups -OCH3 is 1. The zero-order valence-corrected chi connectivity index (χ0v) is 30.9. The van der Waals surface area contributed by atoms with Crippen molar-refractivity contribution in [2.75, 3.05) is 13.7 Å². The number of carbonyl (C=O) groups excluding carboxylic acids is 1. The summed E-state index contributed by atoms with van der Waals surface area (Å²) in [5.41, 5.74) is 2.13. The number of ketones is 1. The first-order valence-electron chi connectivity index (χ1n) is 20.0. The lowest BCUT2D eigenvalue weighted by Crippen LogP contribution is -2.53. The second-order valence-electron chi connectivity index (χ2n) is 17.2. The summed E-state index contributed by atoms with van der Waals surface area (Å²) in [7, 11) is 1.62. The maximum Gasteiger partial charge on any atom is 0.172 e. The molecule has 9 fully saturated rings. The van der Waals surface area contributed by atoms with Gasteiger partial charge in [-0.25, -0.2) is 0 Å². The Morgan fingerprint density at radius 1 is 0.827 bits per heavy atom. The summed E-state index contributed by atoms with van der Waals surface area (Å²) in [6, 6.07) is 0. The number of hydrogen-bond acceptors (Lipinski definition) is 12. The van der Waals surface area contributed by atoms with Gasteiger partial charge in [0.1, 0.15) is 30.2 Å². The molecular formula is C40H60O12. The molecule has 0 aromatic rings. The van der Waals surface area contributed by atoms with Gasteiger partial charge in [-0.05, 0) is 68.4 Å². The lowest BCUT2D eigenvalue weighted by Gasteiger charge is -2.42. The fourth-order valence-electron chi connectivity index (χ4n) is 10.7. The molecule has 11 bridgehead atoms. The minimum Gasteiger partial charge on any atom is -0.394 e. The molecular weight excluding hydrogens is 672 g/mol. The van der Waals surface area contributed by atoms with Gasteiger partial charge in [-0.1, -0.05) is 20.1 Å². The van der Waals surface area contributed by atoms with Gasteiger partial charge in [-0.2, -0.15) is 0 Å². The Kier molecular flexibility index (Phi) is 11.1. The maximum atomic E-state index is 14.0. The Balaban J connectivity index is 1.06. The topological polar surface area (TPSA) is 152 Å². The molecule has 12 nitrogen and oxygen atoms in total. The molecule has 3 N–H and O–H groups in total. The Bertz CT molecular complexity index is 1330. The maximum absolute atomic E-state index is 14.0. The van der Waals surface area contributed by atoms with Crippen molar-refractivity contribution in [2.24, 2.45) is 11.8 Å². The zero-order valence-electron chi connectivity index (χ0n) is 30.9. The molecule has 1 spiro atoms. The molecule has 52 heavy (non-hydrogen) atoms. The first-order chi connectivity index (χ1) is 25.0. The smallest absolute Gasteiger partial charge is 0.172 e. The van der Waals surface area contributed by atoms with Crippen LogP contribution in [0.15, 0.2) is 24.3 Å². The van der Waals surface area contributed by atoms with Gasteiger partial charge in [0, 0.05) is 51.6 Å². The summed E-state index contributed by atoms with van der Waals surface area (Å²) in [4.78, 5) is 14.0. The van der Waals surface area contributed by atoms with Crippen LogP contribution < -0.4 is 0 Å². The molecule has 12 heteroatoms. The molecule has 0 aromatic carbocycles. The van der Waals surface area contributed by atoms with Gasteiger partial charge < -0.3 is 53.2 Å². The van der Waals surface area contributed by atoms with Gasteiger partial charge in [0.2, 0.25) is 0 Å². The van der Waals surface area contributed by atoms with Crippen LogP contribution in [0.5, 0.6) is 0 Å². The van der Waals surface area contributed by atoms with Crippen molar-refractivity contribution in [3.63, 3.8) is 0 Å². The van der Waals surface area contributed by atoms with Crippen molar-refractivity contribution in [3.05, 3.63) is 24.3 Å². The van der Waals surface area contributed by atoms with Crippen LogP contribution in [-0.4, -0.2) is 132 Å². The summed E-state index contributed by atoms with van der Waals surface area (Å²) in [6.07, 6.45) is 3.05. The minimum absolute atomic E-state index is 0.000974. The SMILES string of the molecule is C=C1CCC2CC[C@@H]3OC(CC[C@]45CC6OC([C@@H](O)C6O4)[C@@H](O5)[C@H]4OC(CCC4C)CC(=O)CC4[C@@H](OC)C(CC(O)CO)O[C@H]4CC1O2)CC3=C. The van der Waals surface area contributed by atoms with E-state index >= 15 is 0 Å². The van der Waals surface area contributed by atoms with Crippen molar-refractivity contribution in [1.82, 2.24) is 0 Å². The number of Topliss-reactive ketones (excluding diaryl/α,β-unsaturated/α-hetero) is 1. The molecule has 0 saturated carbocycles. The highest BCUT2D eigenvalue weighted by Crippen LogP contribution is 2.51. The van der Waals surface area contributed by atoms with Crippen molar-refractivity contribution < 1.29 is 58.0 Å². The normalized spacial score (nSPS) is 50.4. The van der Waals surface area contributed by atoms with E-state index in [9.17, 15) is 20.1 Å². The van der Waals surface area contributed by atoms with Gasteiger partial charge >= 0.3 is 0 Å². The average molecular weight is 733 g/mol. The molecule has 0 radical (unpaired) electrons. The lowest BCUT2D eigenvalue weighted by molar-refractivity contribution is -0.280. The van der Waals surface area contributed by atoms with Crippen molar-refractivity contribution >= 4 is 5.78 Å². The third-order valence-corrected chi connectivity index (χ3v) is 13.6. The quantitative estimate of drug-likeness (QED) is 0.363. The van der Waals surface area contributed by atoms with E-state index in [-0.39, 0.29) is 92.3 Å². The molecule has 0 aliphatic carbocycles. The summed E-state index contributed by atoms with van der Waals surface area (Å²) in [5.74, 6) is -0.996. The Labute approximate surface area is 307 Å². The van der Waals surface area contributed by atoms with Crippen LogP contribution in [0.2, 0.25) is 0 Å². The van der Waals surface area contributed by atoms with Crippen LogP contribution in [0, 0.1) is 11.8 Å². The van der Waals surface area contributed by atoms with Crippen LogP contribution in [0.1, 0.15) is 96.8 Å². The highest BCUT2D eigenvalue weighted by atomic mass is 16.8. The zero-order chi connectivity index (χ0) is 36.3. The number of fused-ring (bicyclic) bond motifs is 7. The highest BCUT2D eigenvalue weighted by molar-refractivity contribution is 5.79. The van der Waals surface area contributed by atoms with E-state index in [1.54, 1.807) is 7.11 Å². The van der Waals surface area contributed by atoms with Gasteiger partial charge in [0.25, 0.3) is 0 Å². The largest absolute Gasteiger partial charge is 0.394 e. The summed E-state index contributed by atoms with van der Waals surface area (Å²) >= 11 is 0. The number of ether oxygens (including phenoxy) is 8. The molecule has 9 saturated heterocycles. The molecule has 9 aliphatic rings. The fraction of sp³-hybridized carbons (Fsp3) is 0.875. The summed E-state index contributed by atoms with van der Waals surface area (Å²) < 4.78 is 52.6. The van der Waals surface area contributed by atoms with Crippen molar-refractivity contribution in [1.29, 1.82) is 0 Å². The van der Waals surface area contributed by atoms with Crippen LogP contribution in [0.3, 0.4) is 0 Å². The highest BCUT2D eigenvalue weighted by Gasteiger charge is 2.65. The molecule has 9 aliphatic heterocycles. The number of aliphatic hydroxyl groups is 3. The Morgan fingerprint density at radius 3 is 2.38 bits per heavy atom. The average Bonchev–Trinajstić information content (AvgIpc) is 3.78. The molecule has 9 rings (SSSR count). The molecule has 18 atom stereocenters. The van der Waals surface area contributed by atoms with Gasteiger partial charge in [-0.15, -0.1) is 0 Å². The van der Waals surface area contributed by atoms with Crippen molar-refractivity contribution in [2.45, 2.75) is 194 Å². The molecule has 11 unspecified atom stereocenters. The van der Waals surface area contributed by atoms with E-state index in [1.165, 1.54) is 0 Å². The van der Waals surface area contributed by atoms with Crippen LogP contribution in [-0.2, 0) is 42.7 Å². The second-order valence-corrected chi connectivity index (χ2v) is 17.2. The number of hydrogen-bond donors (Lipinski definition) is 3. The standard InChI is InChI=1S/C40H60O12/c1-20-5-7-25-9-10-29-22(3)13-27(47-29)11-12-40-18-33-37(51-40)34(44)38(50-33)39(52-40)35-21(2)6-8-26(48-35)14-23(42)15-28-31(17-30(20)46-25)49-32(36(28)45-4)16-24(43)19-41/h21,24-39,41,43-44H,1,3,5-19H2,2,4H3/t21?,24?,25?,26?,27?,28?,29-,30?,31-,32?,33?,34-,35-,36+,37?,38?,39-,40-/m0/s1. The van der Waals surface area contributed by atoms with E-state index in [0.29, 0.717) is 19.3 Å². The number of carbonyl (C=O) groups is 1. The Hall–Kier alpha value is -1.29. The van der Waals surface area contributed by atoms with Crippen molar-refractivity contribution in [3.8, 4) is 0 Å². The minimum atomic E-state index is -0.958. The van der Waals surface area contributed by atoms with Crippen LogP contribution in [0.4, 0.5) is 0 Å². The van der Waals surface area contributed by atoms with E-state index in [4.69, 9.17) is 37.9 Å². The predicted octanol–water partition coefficient (Wildman–Crippen LogP) is 3.46. The molecule has 0 amide bonds. The predicted molar refractivity (Wildman–Crippen MR) is 186 cm³/mol. The van der Waals surface area contributed by atoms with Crippen LogP contribution >= 0.6 is 0 Å². The third-order valence-electron chi connectivity index (χ3n) is 13.6. The fourth-order valence-corrected chi connectivity index (χ4v) is 10.7. The number of rotatable bonds is 4.